The Balaban J connectivity index is 2.67. The molecule has 2 unspecified atom stereocenters. The Bertz CT molecular complexity index is 273. The van der Waals surface area contributed by atoms with Crippen molar-refractivity contribution in [2.75, 3.05) is 6.54 Å². The summed E-state index contributed by atoms with van der Waals surface area (Å²) in [6.45, 7) is 8.60. The summed E-state index contributed by atoms with van der Waals surface area (Å²) in [5.74, 6) is 0. The lowest BCUT2D eigenvalue weighted by Crippen LogP contribution is -2.53. The summed E-state index contributed by atoms with van der Waals surface area (Å²) in [4.78, 5) is 14.0. The molecule has 0 aromatic carbocycles. The summed E-state index contributed by atoms with van der Waals surface area (Å²) in [5, 5.41) is 0. The highest BCUT2D eigenvalue weighted by Gasteiger charge is 2.33. The van der Waals surface area contributed by atoms with E-state index in [1.807, 2.05) is 25.7 Å². The Hall–Kier alpha value is -0.770. The van der Waals surface area contributed by atoms with Crippen molar-refractivity contribution < 1.29 is 9.53 Å². The molecule has 0 aromatic heterocycles. The van der Waals surface area contributed by atoms with Gasteiger partial charge in [0.25, 0.3) is 0 Å². The highest BCUT2D eigenvalue weighted by Crippen LogP contribution is 2.23. The van der Waals surface area contributed by atoms with E-state index in [9.17, 15) is 4.79 Å². The zero-order chi connectivity index (χ0) is 13.8. The maximum Gasteiger partial charge on any atom is 0.410 e. The van der Waals surface area contributed by atoms with E-state index in [0.29, 0.717) is 0 Å². The molecule has 1 aliphatic heterocycles. The number of carbonyl (C=O) groups excluding carboxylic acids is 1. The smallest absolute Gasteiger partial charge is 0.410 e. The predicted octanol–water partition coefficient (Wildman–Crippen LogP) is 2.90. The number of likely N-dealkylation sites (tertiary alicyclic amines) is 1. The van der Waals surface area contributed by atoms with Crippen LogP contribution in [0.2, 0.25) is 0 Å². The van der Waals surface area contributed by atoms with Gasteiger partial charge in [0.1, 0.15) is 5.60 Å². The third-order valence-corrected chi connectivity index (χ3v) is 3.29. The van der Waals surface area contributed by atoms with Crippen molar-refractivity contribution in [3.05, 3.63) is 0 Å². The molecule has 18 heavy (non-hydrogen) atoms. The summed E-state index contributed by atoms with van der Waals surface area (Å²) >= 11 is 0. The van der Waals surface area contributed by atoms with Crippen molar-refractivity contribution in [1.29, 1.82) is 0 Å². The van der Waals surface area contributed by atoms with E-state index in [-0.39, 0.29) is 18.2 Å². The first-order valence-corrected chi connectivity index (χ1v) is 7.10. The number of carbonyl (C=O) groups is 1. The van der Waals surface area contributed by atoms with Crippen LogP contribution in [0.25, 0.3) is 0 Å². The normalized spacial score (nSPS) is 22.7. The number of amides is 1. The van der Waals surface area contributed by atoms with Gasteiger partial charge in [-0.25, -0.2) is 4.79 Å². The van der Waals surface area contributed by atoms with Gasteiger partial charge in [-0.05, 0) is 46.5 Å². The fraction of sp³-hybridized carbons (Fsp3) is 0.929. The van der Waals surface area contributed by atoms with Crippen LogP contribution in [0.3, 0.4) is 0 Å². The van der Waals surface area contributed by atoms with E-state index in [1.54, 1.807) is 0 Å². The SMILES string of the molecule is CCCC(N)C1CCCCN1C(=O)OC(C)(C)C. The van der Waals surface area contributed by atoms with Gasteiger partial charge in [-0.3, -0.25) is 0 Å². The molecule has 4 nitrogen and oxygen atoms in total. The largest absolute Gasteiger partial charge is 0.444 e. The lowest BCUT2D eigenvalue weighted by Gasteiger charge is -2.39. The molecule has 0 radical (unpaired) electrons. The molecule has 1 amide bonds. The molecule has 106 valence electrons. The quantitative estimate of drug-likeness (QED) is 0.844. The second-order valence-corrected chi connectivity index (χ2v) is 6.19. The molecule has 1 rings (SSSR count). The Morgan fingerprint density at radius 3 is 2.67 bits per heavy atom. The molecular formula is C14H28N2O2. The maximum absolute atomic E-state index is 12.2. The third kappa shape index (κ3) is 4.48. The summed E-state index contributed by atoms with van der Waals surface area (Å²) in [6.07, 6.45) is 5.01. The van der Waals surface area contributed by atoms with Gasteiger partial charge in [0, 0.05) is 12.6 Å². The van der Waals surface area contributed by atoms with E-state index in [0.717, 1.165) is 38.6 Å². The van der Waals surface area contributed by atoms with E-state index < -0.39 is 5.60 Å². The Morgan fingerprint density at radius 2 is 2.11 bits per heavy atom. The van der Waals surface area contributed by atoms with Crippen molar-refractivity contribution in [1.82, 2.24) is 4.90 Å². The van der Waals surface area contributed by atoms with Gasteiger partial charge in [-0.1, -0.05) is 13.3 Å². The number of hydrogen-bond acceptors (Lipinski definition) is 3. The van der Waals surface area contributed by atoms with Crippen LogP contribution in [0.15, 0.2) is 0 Å². The monoisotopic (exact) mass is 256 g/mol. The van der Waals surface area contributed by atoms with Crippen LogP contribution in [0.1, 0.15) is 59.8 Å². The fourth-order valence-corrected chi connectivity index (χ4v) is 2.48. The average Bonchev–Trinajstić information content (AvgIpc) is 2.27. The van der Waals surface area contributed by atoms with Gasteiger partial charge in [0.15, 0.2) is 0 Å². The van der Waals surface area contributed by atoms with Crippen molar-refractivity contribution in [3.63, 3.8) is 0 Å². The topological polar surface area (TPSA) is 55.6 Å². The van der Waals surface area contributed by atoms with E-state index in [1.165, 1.54) is 0 Å². The van der Waals surface area contributed by atoms with Gasteiger partial charge in [-0.15, -0.1) is 0 Å². The van der Waals surface area contributed by atoms with Crippen LogP contribution in [-0.4, -0.2) is 35.2 Å². The maximum atomic E-state index is 12.2. The lowest BCUT2D eigenvalue weighted by molar-refractivity contribution is 0.00619. The van der Waals surface area contributed by atoms with Crippen molar-refractivity contribution in [2.45, 2.75) is 77.5 Å². The number of nitrogens with zero attached hydrogens (tertiary/aromatic N) is 1. The van der Waals surface area contributed by atoms with Gasteiger partial charge in [-0.2, -0.15) is 0 Å². The van der Waals surface area contributed by atoms with Crippen molar-refractivity contribution in [3.8, 4) is 0 Å². The number of hydrogen-bond donors (Lipinski definition) is 1. The van der Waals surface area contributed by atoms with Gasteiger partial charge in [0.2, 0.25) is 0 Å². The molecule has 1 saturated heterocycles. The van der Waals surface area contributed by atoms with Crippen molar-refractivity contribution in [2.24, 2.45) is 5.73 Å². The van der Waals surface area contributed by atoms with Crippen LogP contribution in [0.4, 0.5) is 4.79 Å². The van der Waals surface area contributed by atoms with Crippen LogP contribution < -0.4 is 5.73 Å². The number of piperidine rings is 1. The van der Waals surface area contributed by atoms with Crippen LogP contribution in [0.5, 0.6) is 0 Å². The minimum Gasteiger partial charge on any atom is -0.444 e. The Labute approximate surface area is 111 Å². The molecule has 2 atom stereocenters. The first-order valence-electron chi connectivity index (χ1n) is 7.10. The lowest BCUT2D eigenvalue weighted by atomic mass is 9.94. The molecule has 2 N–H and O–H groups in total. The predicted molar refractivity (Wildman–Crippen MR) is 73.5 cm³/mol. The van der Waals surface area contributed by atoms with Crippen LogP contribution >= 0.6 is 0 Å². The van der Waals surface area contributed by atoms with E-state index in [2.05, 4.69) is 6.92 Å². The third-order valence-electron chi connectivity index (χ3n) is 3.29. The Morgan fingerprint density at radius 1 is 1.44 bits per heavy atom. The minimum atomic E-state index is -0.437. The molecular weight excluding hydrogens is 228 g/mol. The molecule has 1 fully saturated rings. The van der Waals surface area contributed by atoms with Gasteiger partial charge < -0.3 is 15.4 Å². The van der Waals surface area contributed by atoms with Crippen LogP contribution in [-0.2, 0) is 4.74 Å². The molecule has 1 heterocycles. The first kappa shape index (κ1) is 15.3. The molecule has 0 saturated carbocycles. The fourth-order valence-electron chi connectivity index (χ4n) is 2.48. The molecule has 0 aliphatic carbocycles. The minimum absolute atomic E-state index is 0.0721. The summed E-state index contributed by atoms with van der Waals surface area (Å²) < 4.78 is 5.47. The second-order valence-electron chi connectivity index (χ2n) is 6.19. The molecule has 0 spiro atoms. The molecule has 0 aromatic rings. The number of nitrogens with two attached hydrogens (primary N) is 1. The summed E-state index contributed by atoms with van der Waals surface area (Å²) in [5.41, 5.74) is 5.76. The second kappa shape index (κ2) is 6.41. The van der Waals surface area contributed by atoms with Crippen molar-refractivity contribution >= 4 is 6.09 Å². The standard InChI is InChI=1S/C14H28N2O2/c1-5-8-11(15)12-9-6-7-10-16(12)13(17)18-14(2,3)4/h11-12H,5-10,15H2,1-4H3. The highest BCUT2D eigenvalue weighted by molar-refractivity contribution is 5.68. The highest BCUT2D eigenvalue weighted by atomic mass is 16.6. The van der Waals surface area contributed by atoms with Gasteiger partial charge >= 0.3 is 6.09 Å². The summed E-state index contributed by atoms with van der Waals surface area (Å²) in [6, 6.07) is 0.219. The van der Waals surface area contributed by atoms with Crippen LogP contribution in [0, 0.1) is 0 Å². The number of rotatable bonds is 3. The number of ether oxygens (including phenoxy) is 1. The van der Waals surface area contributed by atoms with Gasteiger partial charge in [0.05, 0.1) is 6.04 Å². The average molecular weight is 256 g/mol. The molecule has 0 bridgehead atoms. The molecule has 4 heteroatoms. The Kier molecular flexibility index (Phi) is 5.45. The first-order chi connectivity index (χ1) is 8.35. The van der Waals surface area contributed by atoms with E-state index >= 15 is 0 Å². The zero-order valence-corrected chi connectivity index (χ0v) is 12.2. The van der Waals surface area contributed by atoms with E-state index in [4.69, 9.17) is 10.5 Å². The molecule has 1 aliphatic rings. The zero-order valence-electron chi connectivity index (χ0n) is 12.2. The summed E-state index contributed by atoms with van der Waals surface area (Å²) in [7, 11) is 0.